The van der Waals surface area contributed by atoms with E-state index in [-0.39, 0.29) is 5.91 Å². The summed E-state index contributed by atoms with van der Waals surface area (Å²) in [5.74, 6) is 0.0602. The molecule has 68 valence electrons. The average molecular weight is 214 g/mol. The minimum absolute atomic E-state index is 0.0602. The molecule has 1 aromatic carbocycles. The number of carbonyl (C=O) groups is 1. The summed E-state index contributed by atoms with van der Waals surface area (Å²) in [5.41, 5.74) is 1.80. The van der Waals surface area contributed by atoms with E-state index in [0.29, 0.717) is 11.6 Å². The summed E-state index contributed by atoms with van der Waals surface area (Å²) in [4.78, 5) is 11.6. The predicted octanol–water partition coefficient (Wildman–Crippen LogP) is 2.57. The van der Waals surface area contributed by atoms with Crippen molar-refractivity contribution in [3.63, 3.8) is 0 Å². The van der Waals surface area contributed by atoms with Gasteiger partial charge in [0.15, 0.2) is 0 Å². The molecule has 4 heteroatoms. The number of hydrogen-bond donors (Lipinski definition) is 0. The van der Waals surface area contributed by atoms with E-state index >= 15 is 0 Å². The van der Waals surface area contributed by atoms with Gasteiger partial charge in [0.05, 0.1) is 6.54 Å². The van der Waals surface area contributed by atoms with Crippen molar-refractivity contribution in [3.05, 3.63) is 34.3 Å². The van der Waals surface area contributed by atoms with Crippen molar-refractivity contribution in [1.29, 1.82) is 0 Å². The van der Waals surface area contributed by atoms with Gasteiger partial charge in [-0.3, -0.25) is 9.10 Å². The van der Waals surface area contributed by atoms with Gasteiger partial charge in [0.2, 0.25) is 0 Å². The summed E-state index contributed by atoms with van der Waals surface area (Å²) in [6.45, 7) is 0.687. The zero-order valence-corrected chi connectivity index (χ0v) is 8.65. The Hall–Kier alpha value is -0.670. The minimum Gasteiger partial charge on any atom is -0.278 e. The first-order chi connectivity index (χ1) is 6.22. The molecule has 0 spiro atoms. The molecule has 0 atom stereocenters. The highest BCUT2D eigenvalue weighted by Crippen LogP contribution is 2.28. The summed E-state index contributed by atoms with van der Waals surface area (Å²) < 4.78 is 1.72. The van der Waals surface area contributed by atoms with Gasteiger partial charge in [0, 0.05) is 16.8 Å². The molecule has 1 aliphatic rings. The Morgan fingerprint density at radius 3 is 3.00 bits per heavy atom. The van der Waals surface area contributed by atoms with Gasteiger partial charge < -0.3 is 0 Å². The van der Waals surface area contributed by atoms with Crippen LogP contribution in [0.5, 0.6) is 0 Å². The number of nitrogens with zero attached hydrogens (tertiary/aromatic N) is 1. The lowest BCUT2D eigenvalue weighted by Crippen LogP contribution is -2.14. The third kappa shape index (κ3) is 1.42. The summed E-state index contributed by atoms with van der Waals surface area (Å²) in [5, 5.41) is 0.620. The van der Waals surface area contributed by atoms with Crippen molar-refractivity contribution < 1.29 is 4.79 Å². The zero-order valence-electron chi connectivity index (χ0n) is 7.08. The first kappa shape index (κ1) is 8.91. The molecular formula is C9H8ClNOS. The van der Waals surface area contributed by atoms with E-state index in [2.05, 4.69) is 0 Å². The molecule has 0 aromatic heterocycles. The van der Waals surface area contributed by atoms with Gasteiger partial charge >= 0.3 is 0 Å². The third-order valence-corrected chi connectivity index (χ3v) is 3.03. The van der Waals surface area contributed by atoms with Crippen LogP contribution in [0.3, 0.4) is 0 Å². The maximum Gasteiger partial charge on any atom is 0.264 e. The van der Waals surface area contributed by atoms with Crippen LogP contribution in [-0.4, -0.2) is 16.5 Å². The van der Waals surface area contributed by atoms with Crippen LogP contribution in [0.4, 0.5) is 0 Å². The van der Waals surface area contributed by atoms with Crippen LogP contribution in [0.15, 0.2) is 18.2 Å². The Morgan fingerprint density at radius 2 is 2.31 bits per heavy atom. The van der Waals surface area contributed by atoms with Crippen molar-refractivity contribution in [1.82, 2.24) is 4.31 Å². The maximum absolute atomic E-state index is 11.6. The normalized spacial score (nSPS) is 14.9. The van der Waals surface area contributed by atoms with Gasteiger partial charge in [0.1, 0.15) is 0 Å². The van der Waals surface area contributed by atoms with Gasteiger partial charge in [-0.1, -0.05) is 29.6 Å². The molecule has 2 nitrogen and oxygen atoms in total. The fraction of sp³-hybridized carbons (Fsp3) is 0.222. The molecule has 1 heterocycles. The second-order valence-corrected chi connectivity index (χ2v) is 4.07. The van der Waals surface area contributed by atoms with Crippen LogP contribution in [0, 0.1) is 0 Å². The highest BCUT2D eigenvalue weighted by atomic mass is 35.5. The second-order valence-electron chi connectivity index (χ2n) is 2.83. The molecule has 0 saturated heterocycles. The number of rotatable bonds is 1. The molecular weight excluding hydrogens is 206 g/mol. The molecule has 0 fully saturated rings. The van der Waals surface area contributed by atoms with Gasteiger partial charge in [0.25, 0.3) is 5.91 Å². The Labute approximate surface area is 86.0 Å². The monoisotopic (exact) mass is 213 g/mol. The number of benzene rings is 1. The molecule has 0 bridgehead atoms. The van der Waals surface area contributed by atoms with Gasteiger partial charge in [-0.25, -0.2) is 0 Å². The number of carbonyl (C=O) groups excluding carboxylic acids is 1. The summed E-state index contributed by atoms with van der Waals surface area (Å²) in [7, 11) is 0. The van der Waals surface area contributed by atoms with E-state index in [9.17, 15) is 4.79 Å². The molecule has 0 unspecified atom stereocenters. The average Bonchev–Trinajstić information content (AvgIpc) is 2.44. The van der Waals surface area contributed by atoms with Crippen LogP contribution < -0.4 is 0 Å². The lowest BCUT2D eigenvalue weighted by atomic mass is 10.1. The number of hydrogen-bond acceptors (Lipinski definition) is 2. The smallest absolute Gasteiger partial charge is 0.264 e. The molecule has 0 radical (unpaired) electrons. The van der Waals surface area contributed by atoms with Crippen LogP contribution in [0.25, 0.3) is 0 Å². The highest BCUT2D eigenvalue weighted by Gasteiger charge is 2.26. The van der Waals surface area contributed by atoms with E-state index in [4.69, 9.17) is 11.6 Å². The van der Waals surface area contributed by atoms with Crippen LogP contribution in [0.2, 0.25) is 5.02 Å². The Kier molecular flexibility index (Phi) is 2.22. The summed E-state index contributed by atoms with van der Waals surface area (Å²) in [6.07, 6.45) is 1.89. The molecule has 0 saturated carbocycles. The molecule has 2 rings (SSSR count). The zero-order chi connectivity index (χ0) is 9.42. The molecule has 1 aromatic rings. The fourth-order valence-corrected chi connectivity index (χ4v) is 2.10. The van der Waals surface area contributed by atoms with E-state index in [0.717, 1.165) is 11.1 Å². The molecule has 1 amide bonds. The van der Waals surface area contributed by atoms with Crippen molar-refractivity contribution in [2.24, 2.45) is 0 Å². The Balaban J connectivity index is 2.45. The summed E-state index contributed by atoms with van der Waals surface area (Å²) in [6, 6.07) is 5.46. The van der Waals surface area contributed by atoms with Gasteiger partial charge in [-0.2, -0.15) is 0 Å². The molecule has 1 aliphatic heterocycles. The predicted molar refractivity (Wildman–Crippen MR) is 54.8 cm³/mol. The highest BCUT2D eigenvalue weighted by molar-refractivity contribution is 7.96. The Bertz CT molecular complexity index is 367. The first-order valence-electron chi connectivity index (χ1n) is 3.87. The van der Waals surface area contributed by atoms with E-state index in [1.807, 2.05) is 18.4 Å². The number of amides is 1. The lowest BCUT2D eigenvalue weighted by molar-refractivity contribution is 0.0890. The second kappa shape index (κ2) is 3.24. The standard InChI is InChI=1S/C9H8ClNOS/c1-13-11-5-6-2-3-7(10)4-8(6)9(11)12/h2-4H,5H2,1H3. The van der Waals surface area contributed by atoms with Gasteiger partial charge in [-0.15, -0.1) is 0 Å². The fourth-order valence-electron chi connectivity index (χ4n) is 1.39. The summed E-state index contributed by atoms with van der Waals surface area (Å²) >= 11 is 7.25. The first-order valence-corrected chi connectivity index (χ1v) is 5.42. The van der Waals surface area contributed by atoms with E-state index < -0.39 is 0 Å². The van der Waals surface area contributed by atoms with Crippen LogP contribution >= 0.6 is 23.5 Å². The number of fused-ring (bicyclic) bond motifs is 1. The molecule has 0 N–H and O–H groups in total. The number of halogens is 1. The van der Waals surface area contributed by atoms with Crippen molar-refractivity contribution in [3.8, 4) is 0 Å². The lowest BCUT2D eigenvalue weighted by Gasteiger charge is -2.08. The van der Waals surface area contributed by atoms with Crippen LogP contribution in [0.1, 0.15) is 15.9 Å². The minimum atomic E-state index is 0.0602. The molecule has 13 heavy (non-hydrogen) atoms. The quantitative estimate of drug-likeness (QED) is 0.669. The van der Waals surface area contributed by atoms with E-state index in [1.165, 1.54) is 11.9 Å². The van der Waals surface area contributed by atoms with Crippen LogP contribution in [-0.2, 0) is 6.54 Å². The van der Waals surface area contributed by atoms with Crippen molar-refractivity contribution in [2.45, 2.75) is 6.54 Å². The Morgan fingerprint density at radius 1 is 1.54 bits per heavy atom. The molecule has 0 aliphatic carbocycles. The third-order valence-electron chi connectivity index (χ3n) is 2.06. The van der Waals surface area contributed by atoms with E-state index in [1.54, 1.807) is 10.4 Å². The SMILES string of the molecule is CSN1Cc2ccc(Cl)cc2C1=O. The topological polar surface area (TPSA) is 20.3 Å². The van der Waals surface area contributed by atoms with Gasteiger partial charge in [-0.05, 0) is 17.7 Å². The van der Waals surface area contributed by atoms with Crippen molar-refractivity contribution in [2.75, 3.05) is 6.26 Å². The maximum atomic E-state index is 11.6. The van der Waals surface area contributed by atoms with Crippen molar-refractivity contribution >= 4 is 29.5 Å². The largest absolute Gasteiger partial charge is 0.278 e.